The van der Waals surface area contributed by atoms with E-state index in [1.165, 1.54) is 16.9 Å². The molecule has 0 unspecified atom stereocenters. The number of amides is 1. The number of aryl methyl sites for hydroxylation is 2. The summed E-state index contributed by atoms with van der Waals surface area (Å²) in [5.41, 5.74) is 2.27. The molecule has 0 atom stereocenters. The predicted molar refractivity (Wildman–Crippen MR) is 132 cm³/mol. The van der Waals surface area contributed by atoms with E-state index in [4.69, 9.17) is 9.72 Å². The second kappa shape index (κ2) is 10.5. The van der Waals surface area contributed by atoms with Crippen LogP contribution in [0.15, 0.2) is 29.1 Å². The normalized spacial score (nSPS) is 13.2. The zero-order chi connectivity index (χ0) is 22.5. The highest BCUT2D eigenvalue weighted by atomic mass is 32.2. The van der Waals surface area contributed by atoms with Gasteiger partial charge in [0.1, 0.15) is 16.4 Å². The van der Waals surface area contributed by atoms with Crippen LogP contribution in [0.2, 0.25) is 0 Å². The lowest BCUT2D eigenvalue weighted by atomic mass is 9.97. The number of carbonyl (C=O) groups excluding carboxylic acids is 1. The number of aromatic nitrogens is 2. The fraction of sp³-hybridized carbons (Fsp3) is 0.458. The molecule has 2 heterocycles. The monoisotopic (exact) mass is 471 g/mol. The summed E-state index contributed by atoms with van der Waals surface area (Å²) >= 11 is 3.30. The van der Waals surface area contributed by atoms with Gasteiger partial charge in [-0.3, -0.25) is 9.59 Å². The maximum atomic E-state index is 12.6. The SMILES string of the molecule is CCOc1ccc(CN(C)C(=O)CCSCc2nc3sc4c(c3c(=O)[nH]2)CCCC4)cc1. The molecule has 1 N–H and O–H groups in total. The van der Waals surface area contributed by atoms with Gasteiger partial charge in [-0.2, -0.15) is 11.8 Å². The molecule has 170 valence electrons. The molecular weight excluding hydrogens is 442 g/mol. The standard InChI is InChI=1S/C24H29N3O3S2/c1-3-30-17-10-8-16(9-11-17)14-27(2)21(28)12-13-31-15-20-25-23(29)22-18-6-4-5-7-19(18)32-24(22)26-20/h8-11H,3-7,12-15H2,1-2H3,(H,25,26,29). The number of H-pyrrole nitrogens is 1. The average molecular weight is 472 g/mol. The Kier molecular flexibility index (Phi) is 7.52. The number of hydrogen-bond donors (Lipinski definition) is 1. The summed E-state index contributed by atoms with van der Waals surface area (Å²) in [5, 5.41) is 0.796. The van der Waals surface area contributed by atoms with Crippen LogP contribution in [-0.4, -0.2) is 40.2 Å². The maximum Gasteiger partial charge on any atom is 0.259 e. The summed E-state index contributed by atoms with van der Waals surface area (Å²) in [5.74, 6) is 2.93. The molecule has 1 aliphatic carbocycles. The van der Waals surface area contributed by atoms with Crippen molar-refractivity contribution in [3.8, 4) is 5.75 Å². The smallest absolute Gasteiger partial charge is 0.259 e. The van der Waals surface area contributed by atoms with Crippen LogP contribution in [-0.2, 0) is 29.9 Å². The third-order valence-electron chi connectivity index (χ3n) is 5.65. The summed E-state index contributed by atoms with van der Waals surface area (Å²) < 4.78 is 5.46. The number of nitrogens with one attached hydrogen (secondary N) is 1. The predicted octanol–water partition coefficient (Wildman–Crippen LogP) is 4.54. The minimum atomic E-state index is -0.0174. The van der Waals surface area contributed by atoms with E-state index in [0.717, 1.165) is 40.8 Å². The number of hydrogen-bond acceptors (Lipinski definition) is 6. The van der Waals surface area contributed by atoms with E-state index in [-0.39, 0.29) is 11.5 Å². The summed E-state index contributed by atoms with van der Waals surface area (Å²) in [6.45, 7) is 3.17. The lowest BCUT2D eigenvalue weighted by molar-refractivity contribution is -0.129. The third-order valence-corrected chi connectivity index (χ3v) is 7.81. The van der Waals surface area contributed by atoms with E-state index in [1.807, 2.05) is 38.2 Å². The molecule has 8 heteroatoms. The molecule has 32 heavy (non-hydrogen) atoms. The Bertz CT molecular complexity index is 1140. The molecule has 6 nitrogen and oxygen atoms in total. The van der Waals surface area contributed by atoms with Crippen LogP contribution in [0.5, 0.6) is 5.75 Å². The average Bonchev–Trinajstić information content (AvgIpc) is 3.17. The molecular formula is C24H29N3O3S2. The summed E-state index contributed by atoms with van der Waals surface area (Å²) in [6, 6.07) is 7.84. The Hall–Kier alpha value is -2.32. The van der Waals surface area contributed by atoms with Gasteiger partial charge in [-0.15, -0.1) is 11.3 Å². The van der Waals surface area contributed by atoms with Gasteiger partial charge in [0.05, 0.1) is 17.7 Å². The van der Waals surface area contributed by atoms with E-state index in [9.17, 15) is 9.59 Å². The number of rotatable bonds is 9. The molecule has 0 saturated heterocycles. The third kappa shape index (κ3) is 5.35. The van der Waals surface area contributed by atoms with Gasteiger partial charge in [-0.25, -0.2) is 4.98 Å². The molecule has 0 radical (unpaired) electrons. The zero-order valence-corrected chi connectivity index (χ0v) is 20.2. The first-order chi connectivity index (χ1) is 15.5. The van der Waals surface area contributed by atoms with Crippen molar-refractivity contribution >= 4 is 39.2 Å². The Balaban J connectivity index is 1.27. The van der Waals surface area contributed by atoms with Gasteiger partial charge < -0.3 is 14.6 Å². The number of thioether (sulfide) groups is 1. The Labute approximate surface area is 196 Å². The molecule has 0 spiro atoms. The molecule has 1 amide bonds. The minimum absolute atomic E-state index is 0.0174. The lowest BCUT2D eigenvalue weighted by Crippen LogP contribution is -2.26. The van der Waals surface area contributed by atoms with Crippen molar-refractivity contribution < 1.29 is 9.53 Å². The van der Waals surface area contributed by atoms with E-state index in [1.54, 1.807) is 28.0 Å². The van der Waals surface area contributed by atoms with Gasteiger partial charge >= 0.3 is 0 Å². The van der Waals surface area contributed by atoms with Crippen LogP contribution >= 0.6 is 23.1 Å². The molecule has 4 rings (SSSR count). The molecule has 1 aliphatic rings. The van der Waals surface area contributed by atoms with Crippen molar-refractivity contribution in [3.05, 3.63) is 56.4 Å². The van der Waals surface area contributed by atoms with Crippen LogP contribution in [0.1, 0.15) is 48.0 Å². The largest absolute Gasteiger partial charge is 0.494 e. The molecule has 0 saturated carbocycles. The molecule has 2 aromatic heterocycles. The molecule has 0 aliphatic heterocycles. The van der Waals surface area contributed by atoms with Crippen LogP contribution in [0.3, 0.4) is 0 Å². The van der Waals surface area contributed by atoms with Crippen LogP contribution in [0.4, 0.5) is 0 Å². The van der Waals surface area contributed by atoms with Crippen molar-refractivity contribution in [1.29, 1.82) is 0 Å². The first-order valence-electron chi connectivity index (χ1n) is 11.1. The van der Waals surface area contributed by atoms with Gasteiger partial charge in [0, 0.05) is 30.6 Å². The molecule has 1 aromatic carbocycles. The van der Waals surface area contributed by atoms with E-state index in [2.05, 4.69) is 4.98 Å². The van der Waals surface area contributed by atoms with Crippen molar-refractivity contribution in [2.45, 2.75) is 51.3 Å². The van der Waals surface area contributed by atoms with Gasteiger partial charge in [0.2, 0.25) is 5.91 Å². The minimum Gasteiger partial charge on any atom is -0.494 e. The molecule has 3 aromatic rings. The molecule has 0 bridgehead atoms. The second-order valence-corrected chi connectivity index (χ2v) is 10.2. The van der Waals surface area contributed by atoms with Gasteiger partial charge in [0.25, 0.3) is 5.56 Å². The maximum absolute atomic E-state index is 12.6. The van der Waals surface area contributed by atoms with Crippen molar-refractivity contribution in [2.24, 2.45) is 0 Å². The number of benzene rings is 1. The van der Waals surface area contributed by atoms with E-state index >= 15 is 0 Å². The molecule has 0 fully saturated rings. The zero-order valence-electron chi connectivity index (χ0n) is 18.6. The first kappa shape index (κ1) is 22.9. The summed E-state index contributed by atoms with van der Waals surface area (Å²) in [6.07, 6.45) is 4.85. The first-order valence-corrected chi connectivity index (χ1v) is 13.1. The highest BCUT2D eigenvalue weighted by Gasteiger charge is 2.19. The number of aromatic amines is 1. The van der Waals surface area contributed by atoms with E-state index < -0.39 is 0 Å². The fourth-order valence-corrected chi connectivity index (χ4v) is 6.09. The Morgan fingerprint density at radius 2 is 2.03 bits per heavy atom. The van der Waals surface area contributed by atoms with Crippen molar-refractivity contribution in [1.82, 2.24) is 14.9 Å². The highest BCUT2D eigenvalue weighted by molar-refractivity contribution is 7.98. The summed E-state index contributed by atoms with van der Waals surface area (Å²) in [7, 11) is 1.83. The van der Waals surface area contributed by atoms with Gasteiger partial charge in [-0.1, -0.05) is 12.1 Å². The second-order valence-electron chi connectivity index (χ2n) is 8.03. The number of nitrogens with zero attached hydrogens (tertiary/aromatic N) is 2. The lowest BCUT2D eigenvalue weighted by Gasteiger charge is -2.17. The van der Waals surface area contributed by atoms with Gasteiger partial charge in [-0.05, 0) is 55.9 Å². The Morgan fingerprint density at radius 1 is 1.25 bits per heavy atom. The summed E-state index contributed by atoms with van der Waals surface area (Å²) in [4.78, 5) is 36.7. The van der Waals surface area contributed by atoms with Crippen molar-refractivity contribution in [2.75, 3.05) is 19.4 Å². The van der Waals surface area contributed by atoms with Crippen molar-refractivity contribution in [3.63, 3.8) is 0 Å². The van der Waals surface area contributed by atoms with Crippen LogP contribution < -0.4 is 10.3 Å². The van der Waals surface area contributed by atoms with E-state index in [0.29, 0.717) is 36.9 Å². The van der Waals surface area contributed by atoms with Crippen LogP contribution in [0.25, 0.3) is 10.2 Å². The van der Waals surface area contributed by atoms with Gasteiger partial charge in [0.15, 0.2) is 0 Å². The number of carbonyl (C=O) groups is 1. The number of thiophene rings is 1. The van der Waals surface area contributed by atoms with Crippen LogP contribution in [0, 0.1) is 0 Å². The fourth-order valence-electron chi connectivity index (χ4n) is 4.02. The Morgan fingerprint density at radius 3 is 2.81 bits per heavy atom. The topological polar surface area (TPSA) is 75.3 Å². The number of fused-ring (bicyclic) bond motifs is 3. The highest BCUT2D eigenvalue weighted by Crippen LogP contribution is 2.33. The quantitative estimate of drug-likeness (QED) is 0.464. The number of ether oxygens (including phenoxy) is 1.